The van der Waals surface area contributed by atoms with E-state index in [0.29, 0.717) is 6.04 Å². The first-order valence-electron chi connectivity index (χ1n) is 8.79. The van der Waals surface area contributed by atoms with Gasteiger partial charge in [0.15, 0.2) is 0 Å². The van der Waals surface area contributed by atoms with Crippen LogP contribution >= 0.6 is 0 Å². The molecule has 23 heavy (non-hydrogen) atoms. The van der Waals surface area contributed by atoms with Crippen molar-refractivity contribution in [2.75, 3.05) is 25.0 Å². The zero-order valence-electron chi connectivity index (χ0n) is 13.9. The van der Waals surface area contributed by atoms with Crippen molar-refractivity contribution in [2.24, 2.45) is 0 Å². The second-order valence-corrected chi connectivity index (χ2v) is 6.69. The largest absolute Gasteiger partial charge is 0.339 e. The smallest absolute Gasteiger partial charge is 0.317 e. The fourth-order valence-corrected chi connectivity index (χ4v) is 3.64. The van der Waals surface area contributed by atoms with Crippen LogP contribution in [0.25, 0.3) is 0 Å². The number of aromatic nitrogens is 2. The van der Waals surface area contributed by atoms with E-state index in [1.807, 2.05) is 18.0 Å². The number of nitrogens with zero attached hydrogens (tertiary/aromatic N) is 4. The number of amides is 2. The summed E-state index contributed by atoms with van der Waals surface area (Å²) in [4.78, 5) is 25.2. The summed E-state index contributed by atoms with van der Waals surface area (Å²) in [7, 11) is 1.94. The molecule has 1 unspecified atom stereocenters. The molecule has 1 aliphatic heterocycles. The van der Waals surface area contributed by atoms with Gasteiger partial charge in [-0.15, -0.1) is 0 Å². The number of anilines is 1. The van der Waals surface area contributed by atoms with Gasteiger partial charge in [-0.05, 0) is 31.7 Å². The van der Waals surface area contributed by atoms with Crippen LogP contribution in [0, 0.1) is 0 Å². The maximum atomic E-state index is 12.5. The summed E-state index contributed by atoms with van der Waals surface area (Å²) >= 11 is 0. The summed E-state index contributed by atoms with van der Waals surface area (Å²) in [5.41, 5.74) is 0. The van der Waals surface area contributed by atoms with Crippen molar-refractivity contribution in [3.05, 3.63) is 18.5 Å². The van der Waals surface area contributed by atoms with E-state index in [0.717, 1.165) is 44.7 Å². The lowest BCUT2D eigenvalue weighted by atomic mass is 9.95. The molecule has 0 aromatic carbocycles. The molecule has 1 aliphatic carbocycles. The number of nitrogens with one attached hydrogen (secondary N) is 1. The summed E-state index contributed by atoms with van der Waals surface area (Å²) in [5.74, 6) is 0.757. The Balaban J connectivity index is 1.53. The number of hydrogen-bond acceptors (Lipinski definition) is 4. The van der Waals surface area contributed by atoms with Gasteiger partial charge in [0, 0.05) is 44.6 Å². The van der Waals surface area contributed by atoms with Gasteiger partial charge in [-0.3, -0.25) is 0 Å². The quantitative estimate of drug-likeness (QED) is 0.930. The van der Waals surface area contributed by atoms with Crippen molar-refractivity contribution < 1.29 is 4.79 Å². The Kier molecular flexibility index (Phi) is 5.31. The minimum Gasteiger partial charge on any atom is -0.339 e. The van der Waals surface area contributed by atoms with Crippen LogP contribution in [0.1, 0.15) is 44.9 Å². The minimum absolute atomic E-state index is 0.0673. The lowest BCUT2D eigenvalue weighted by Gasteiger charge is -2.36. The third-order valence-electron chi connectivity index (χ3n) is 5.03. The Bertz CT molecular complexity index is 503. The molecule has 1 aromatic heterocycles. The van der Waals surface area contributed by atoms with Crippen LogP contribution in [0.2, 0.25) is 0 Å². The lowest BCUT2D eigenvalue weighted by Crippen LogP contribution is -2.53. The molecule has 126 valence electrons. The van der Waals surface area contributed by atoms with E-state index in [1.54, 1.807) is 12.4 Å². The van der Waals surface area contributed by atoms with E-state index < -0.39 is 0 Å². The van der Waals surface area contributed by atoms with Gasteiger partial charge in [0.2, 0.25) is 5.95 Å². The molecule has 2 aliphatic rings. The molecule has 1 N–H and O–H groups in total. The van der Waals surface area contributed by atoms with E-state index >= 15 is 0 Å². The average molecular weight is 317 g/mol. The minimum atomic E-state index is 0.0673. The number of carbonyl (C=O) groups is 1. The molecular formula is C17H27N5O. The van der Waals surface area contributed by atoms with Gasteiger partial charge in [0.1, 0.15) is 0 Å². The highest BCUT2D eigenvalue weighted by Crippen LogP contribution is 2.22. The standard InChI is InChI=1S/C17H27N5O/c1-21(15-8-3-2-4-9-15)17(23)20-14-7-5-12-22(13-14)16-18-10-6-11-19-16/h6,10-11,14-15H,2-5,7-9,12-13H2,1H3,(H,20,23). The Hall–Kier alpha value is -1.85. The summed E-state index contributed by atoms with van der Waals surface area (Å²) in [5, 5.41) is 3.21. The maximum Gasteiger partial charge on any atom is 0.317 e. The molecule has 1 saturated carbocycles. The van der Waals surface area contributed by atoms with Crippen molar-refractivity contribution in [1.82, 2.24) is 20.2 Å². The molecule has 2 fully saturated rings. The van der Waals surface area contributed by atoms with Gasteiger partial charge in [0.05, 0.1) is 0 Å². The Morgan fingerprint density at radius 2 is 1.91 bits per heavy atom. The predicted molar refractivity (Wildman–Crippen MR) is 90.4 cm³/mol. The van der Waals surface area contributed by atoms with Gasteiger partial charge in [0.25, 0.3) is 0 Å². The summed E-state index contributed by atoms with van der Waals surface area (Å²) in [6, 6.07) is 2.47. The van der Waals surface area contributed by atoms with E-state index in [-0.39, 0.29) is 12.1 Å². The average Bonchev–Trinajstić information content (AvgIpc) is 2.63. The zero-order valence-corrected chi connectivity index (χ0v) is 13.9. The Morgan fingerprint density at radius 1 is 1.17 bits per heavy atom. The topological polar surface area (TPSA) is 61.4 Å². The fourth-order valence-electron chi connectivity index (χ4n) is 3.64. The number of carbonyl (C=O) groups excluding carboxylic acids is 1. The highest BCUT2D eigenvalue weighted by atomic mass is 16.2. The number of urea groups is 1. The molecular weight excluding hydrogens is 290 g/mol. The molecule has 0 spiro atoms. The molecule has 2 amide bonds. The van der Waals surface area contributed by atoms with Gasteiger partial charge >= 0.3 is 6.03 Å². The van der Waals surface area contributed by atoms with Gasteiger partial charge in [-0.1, -0.05) is 19.3 Å². The first kappa shape index (κ1) is 16.0. The zero-order chi connectivity index (χ0) is 16.1. The van der Waals surface area contributed by atoms with Crippen LogP contribution in [0.4, 0.5) is 10.7 Å². The molecule has 1 aromatic rings. The van der Waals surface area contributed by atoms with E-state index in [9.17, 15) is 4.79 Å². The van der Waals surface area contributed by atoms with E-state index in [2.05, 4.69) is 20.2 Å². The van der Waals surface area contributed by atoms with Gasteiger partial charge < -0.3 is 15.1 Å². The predicted octanol–water partition coefficient (Wildman–Crippen LogP) is 2.42. The molecule has 0 radical (unpaired) electrons. The number of hydrogen-bond donors (Lipinski definition) is 1. The normalized spacial score (nSPS) is 22.7. The summed E-state index contributed by atoms with van der Waals surface area (Å²) in [6.45, 7) is 1.74. The van der Waals surface area contributed by atoms with Crippen molar-refractivity contribution in [3.63, 3.8) is 0 Å². The van der Waals surface area contributed by atoms with Crippen LogP contribution in [0.3, 0.4) is 0 Å². The number of piperidine rings is 1. The van der Waals surface area contributed by atoms with Crippen LogP contribution < -0.4 is 10.2 Å². The lowest BCUT2D eigenvalue weighted by molar-refractivity contribution is 0.169. The van der Waals surface area contributed by atoms with Crippen molar-refractivity contribution in [2.45, 2.75) is 57.0 Å². The monoisotopic (exact) mass is 317 g/mol. The number of rotatable bonds is 3. The van der Waals surface area contributed by atoms with Crippen LogP contribution in [-0.4, -0.2) is 53.1 Å². The first-order valence-corrected chi connectivity index (χ1v) is 8.79. The molecule has 0 bridgehead atoms. The molecule has 2 heterocycles. The van der Waals surface area contributed by atoms with Crippen molar-refractivity contribution in [1.29, 1.82) is 0 Å². The second-order valence-electron chi connectivity index (χ2n) is 6.69. The highest BCUT2D eigenvalue weighted by Gasteiger charge is 2.26. The maximum absolute atomic E-state index is 12.5. The summed E-state index contributed by atoms with van der Waals surface area (Å²) < 4.78 is 0. The molecule has 1 atom stereocenters. The SMILES string of the molecule is CN(C(=O)NC1CCCN(c2ncccn2)C1)C1CCCCC1. The van der Waals surface area contributed by atoms with Gasteiger partial charge in [-0.2, -0.15) is 0 Å². The third-order valence-corrected chi connectivity index (χ3v) is 5.03. The summed E-state index contributed by atoms with van der Waals surface area (Å²) in [6.07, 6.45) is 11.7. The second kappa shape index (κ2) is 7.62. The van der Waals surface area contributed by atoms with E-state index in [4.69, 9.17) is 0 Å². The molecule has 6 nitrogen and oxygen atoms in total. The third kappa shape index (κ3) is 4.12. The molecule has 3 rings (SSSR count). The van der Waals surface area contributed by atoms with Crippen LogP contribution in [0.15, 0.2) is 18.5 Å². The fraction of sp³-hybridized carbons (Fsp3) is 0.706. The van der Waals surface area contributed by atoms with Crippen molar-refractivity contribution >= 4 is 12.0 Å². The first-order chi connectivity index (χ1) is 11.2. The molecule has 1 saturated heterocycles. The molecule has 6 heteroatoms. The van der Waals surface area contributed by atoms with Crippen molar-refractivity contribution in [3.8, 4) is 0 Å². The Morgan fingerprint density at radius 3 is 2.65 bits per heavy atom. The van der Waals surface area contributed by atoms with E-state index in [1.165, 1.54) is 19.3 Å². The van der Waals surface area contributed by atoms with Crippen LogP contribution in [-0.2, 0) is 0 Å². The Labute approximate surface area is 138 Å². The van der Waals surface area contributed by atoms with Gasteiger partial charge in [-0.25, -0.2) is 14.8 Å². The highest BCUT2D eigenvalue weighted by molar-refractivity contribution is 5.74. The van der Waals surface area contributed by atoms with Crippen LogP contribution in [0.5, 0.6) is 0 Å².